The van der Waals surface area contributed by atoms with Crippen LogP contribution in [0.4, 0.5) is 4.39 Å². The molecule has 1 aromatic carbocycles. The van der Waals surface area contributed by atoms with Crippen molar-refractivity contribution in [2.75, 3.05) is 20.3 Å². The number of hydrogen-bond donors (Lipinski definition) is 2. The van der Waals surface area contributed by atoms with Crippen LogP contribution in [-0.4, -0.2) is 36.3 Å². The van der Waals surface area contributed by atoms with Gasteiger partial charge in [-0.2, -0.15) is 0 Å². The van der Waals surface area contributed by atoms with E-state index in [2.05, 4.69) is 9.97 Å². The minimum absolute atomic E-state index is 0.203. The Morgan fingerprint density at radius 3 is 2.88 bits per heavy atom. The van der Waals surface area contributed by atoms with Crippen LogP contribution in [0.25, 0.3) is 11.0 Å². The highest BCUT2D eigenvalue weighted by Gasteiger charge is 2.38. The van der Waals surface area contributed by atoms with Crippen LogP contribution in [0.1, 0.15) is 49.0 Å². The molecule has 1 saturated heterocycles. The van der Waals surface area contributed by atoms with Gasteiger partial charge >= 0.3 is 5.97 Å². The number of hydrogen-bond acceptors (Lipinski definition) is 5. The minimum Gasteiger partial charge on any atom is -0.469 e. The number of aromatic amines is 1. The molecule has 0 spiro atoms. The number of ether oxygens (including phenoxy) is 2. The zero-order valence-corrected chi connectivity index (χ0v) is 14.8. The van der Waals surface area contributed by atoms with E-state index in [1.54, 1.807) is 12.1 Å². The number of carbonyl (C=O) groups excluding carboxylic acids is 1. The van der Waals surface area contributed by atoms with Crippen molar-refractivity contribution in [2.24, 2.45) is 17.6 Å². The van der Waals surface area contributed by atoms with Crippen LogP contribution in [0, 0.1) is 17.7 Å². The SMILES string of the molecule is COC(=O)[C@@H]1COC[C@@H]1c1ccc2[nH]c([C@@H](N)C3CCCC3)nc2c1F. The normalized spacial score (nSPS) is 25.0. The van der Waals surface area contributed by atoms with Crippen molar-refractivity contribution >= 4 is 17.0 Å². The Labute approximate surface area is 151 Å². The van der Waals surface area contributed by atoms with Crippen molar-refractivity contribution in [3.8, 4) is 0 Å². The predicted octanol–water partition coefficient (Wildman–Crippen LogP) is 2.80. The Kier molecular flexibility index (Phi) is 4.67. The number of nitrogens with two attached hydrogens (primary N) is 1. The molecule has 2 aliphatic rings. The molecule has 2 fully saturated rings. The zero-order valence-electron chi connectivity index (χ0n) is 14.8. The lowest BCUT2D eigenvalue weighted by molar-refractivity contribution is -0.145. The van der Waals surface area contributed by atoms with Crippen molar-refractivity contribution in [1.82, 2.24) is 9.97 Å². The average molecular weight is 361 g/mol. The summed E-state index contributed by atoms with van der Waals surface area (Å²) in [6.45, 7) is 0.536. The molecule has 0 radical (unpaired) electrons. The largest absolute Gasteiger partial charge is 0.469 e. The second kappa shape index (κ2) is 6.96. The Morgan fingerprint density at radius 2 is 2.15 bits per heavy atom. The second-order valence-electron chi connectivity index (χ2n) is 7.33. The molecule has 4 rings (SSSR count). The third-order valence-electron chi connectivity index (χ3n) is 5.85. The van der Waals surface area contributed by atoms with Gasteiger partial charge in [0.1, 0.15) is 11.3 Å². The summed E-state index contributed by atoms with van der Waals surface area (Å²) in [5, 5.41) is 0. The molecule has 7 heteroatoms. The number of fused-ring (bicyclic) bond motifs is 1. The fourth-order valence-corrected chi connectivity index (χ4v) is 4.31. The molecule has 6 nitrogen and oxygen atoms in total. The van der Waals surface area contributed by atoms with E-state index in [0.29, 0.717) is 29.4 Å². The Balaban J connectivity index is 1.67. The van der Waals surface area contributed by atoms with E-state index in [-0.39, 0.29) is 30.1 Å². The van der Waals surface area contributed by atoms with E-state index in [9.17, 15) is 4.79 Å². The fourth-order valence-electron chi connectivity index (χ4n) is 4.31. The van der Waals surface area contributed by atoms with Crippen LogP contribution in [0.2, 0.25) is 0 Å². The first-order valence-electron chi connectivity index (χ1n) is 9.19. The van der Waals surface area contributed by atoms with E-state index in [1.807, 2.05) is 0 Å². The molecule has 3 atom stereocenters. The molecule has 140 valence electrons. The highest BCUT2D eigenvalue weighted by molar-refractivity contribution is 5.78. The summed E-state index contributed by atoms with van der Waals surface area (Å²) in [5.41, 5.74) is 7.71. The first-order valence-corrected chi connectivity index (χ1v) is 9.19. The smallest absolute Gasteiger partial charge is 0.311 e. The molecular formula is C19H24FN3O3. The lowest BCUT2D eigenvalue weighted by Crippen LogP contribution is -2.23. The molecule has 0 amide bonds. The molecule has 0 unspecified atom stereocenters. The first kappa shape index (κ1) is 17.4. The molecule has 26 heavy (non-hydrogen) atoms. The van der Waals surface area contributed by atoms with Crippen molar-refractivity contribution in [2.45, 2.75) is 37.6 Å². The van der Waals surface area contributed by atoms with Crippen LogP contribution in [0.15, 0.2) is 12.1 Å². The number of rotatable bonds is 4. The number of aromatic nitrogens is 2. The predicted molar refractivity (Wildman–Crippen MR) is 94.0 cm³/mol. The summed E-state index contributed by atoms with van der Waals surface area (Å²) < 4.78 is 25.4. The van der Waals surface area contributed by atoms with Gasteiger partial charge in [0.15, 0.2) is 5.82 Å². The van der Waals surface area contributed by atoms with Crippen LogP contribution in [0.3, 0.4) is 0 Å². The Hall–Kier alpha value is -1.99. The number of nitrogens with one attached hydrogen (secondary N) is 1. The van der Waals surface area contributed by atoms with Crippen LogP contribution in [-0.2, 0) is 14.3 Å². The van der Waals surface area contributed by atoms with Gasteiger partial charge in [-0.3, -0.25) is 4.79 Å². The molecule has 2 heterocycles. The zero-order chi connectivity index (χ0) is 18.3. The summed E-state index contributed by atoms with van der Waals surface area (Å²) in [5.74, 6) is -0.618. The van der Waals surface area contributed by atoms with Gasteiger partial charge in [0.25, 0.3) is 0 Å². The Morgan fingerprint density at radius 1 is 1.38 bits per heavy atom. The number of methoxy groups -OCH3 is 1. The van der Waals surface area contributed by atoms with E-state index < -0.39 is 11.7 Å². The molecule has 0 bridgehead atoms. The molecular weight excluding hydrogens is 337 g/mol. The van der Waals surface area contributed by atoms with Crippen LogP contribution >= 0.6 is 0 Å². The summed E-state index contributed by atoms with van der Waals surface area (Å²) in [6.07, 6.45) is 4.56. The van der Waals surface area contributed by atoms with Crippen LogP contribution < -0.4 is 5.73 Å². The molecule has 1 aliphatic heterocycles. The summed E-state index contributed by atoms with van der Waals surface area (Å²) >= 11 is 0. The van der Waals surface area contributed by atoms with E-state index in [1.165, 1.54) is 20.0 Å². The number of imidazole rings is 1. The van der Waals surface area contributed by atoms with Crippen molar-refractivity contribution in [1.29, 1.82) is 0 Å². The molecule has 1 saturated carbocycles. The monoisotopic (exact) mass is 361 g/mol. The molecule has 3 N–H and O–H groups in total. The summed E-state index contributed by atoms with van der Waals surface area (Å²) in [6, 6.07) is 3.30. The highest BCUT2D eigenvalue weighted by Crippen LogP contribution is 2.37. The average Bonchev–Trinajstić information content (AvgIpc) is 3.40. The number of benzene rings is 1. The maximum atomic E-state index is 15.2. The molecule has 1 aromatic heterocycles. The lowest BCUT2D eigenvalue weighted by atomic mass is 9.88. The van der Waals surface area contributed by atoms with Crippen molar-refractivity contribution < 1.29 is 18.7 Å². The standard InChI is InChI=1S/C19H24FN3O3/c1-25-19(24)13-9-26-8-12(13)11-6-7-14-17(15(11)20)23-18(22-14)16(21)10-4-2-3-5-10/h6-7,10,12-13,16H,2-5,8-9,21H2,1H3,(H,22,23)/t12-,13-,16+/m1/s1. The van der Waals surface area contributed by atoms with E-state index in [0.717, 1.165) is 12.8 Å². The summed E-state index contributed by atoms with van der Waals surface area (Å²) in [7, 11) is 1.33. The quantitative estimate of drug-likeness (QED) is 0.817. The van der Waals surface area contributed by atoms with Crippen molar-refractivity contribution in [3.63, 3.8) is 0 Å². The fraction of sp³-hybridized carbons (Fsp3) is 0.579. The van der Waals surface area contributed by atoms with E-state index in [4.69, 9.17) is 15.2 Å². The third kappa shape index (κ3) is 2.89. The van der Waals surface area contributed by atoms with Gasteiger partial charge in [-0.1, -0.05) is 18.9 Å². The van der Waals surface area contributed by atoms with Crippen molar-refractivity contribution in [3.05, 3.63) is 29.3 Å². The van der Waals surface area contributed by atoms with Gasteiger partial charge < -0.3 is 20.2 Å². The van der Waals surface area contributed by atoms with Crippen LogP contribution in [0.5, 0.6) is 0 Å². The third-order valence-corrected chi connectivity index (χ3v) is 5.85. The van der Waals surface area contributed by atoms with E-state index >= 15 is 4.39 Å². The maximum Gasteiger partial charge on any atom is 0.311 e. The highest BCUT2D eigenvalue weighted by atomic mass is 19.1. The van der Waals surface area contributed by atoms with Gasteiger partial charge in [-0.15, -0.1) is 0 Å². The Bertz CT molecular complexity index is 816. The molecule has 2 aromatic rings. The number of carbonyl (C=O) groups is 1. The van der Waals surface area contributed by atoms with Gasteiger partial charge in [0.05, 0.1) is 37.8 Å². The number of esters is 1. The maximum absolute atomic E-state index is 15.2. The second-order valence-corrected chi connectivity index (χ2v) is 7.33. The topological polar surface area (TPSA) is 90.2 Å². The molecule has 1 aliphatic carbocycles. The number of nitrogens with zero attached hydrogens (tertiary/aromatic N) is 1. The number of halogens is 1. The lowest BCUT2D eigenvalue weighted by Gasteiger charge is -2.16. The summed E-state index contributed by atoms with van der Waals surface area (Å²) in [4.78, 5) is 19.6. The van der Waals surface area contributed by atoms with Gasteiger partial charge in [-0.25, -0.2) is 9.37 Å². The van der Waals surface area contributed by atoms with Gasteiger partial charge in [-0.05, 0) is 30.4 Å². The van der Waals surface area contributed by atoms with Gasteiger partial charge in [0, 0.05) is 5.92 Å². The first-order chi connectivity index (χ1) is 12.6. The van der Waals surface area contributed by atoms with Gasteiger partial charge in [0.2, 0.25) is 0 Å². The minimum atomic E-state index is -0.494. The number of H-pyrrole nitrogens is 1.